The van der Waals surface area contributed by atoms with Crippen molar-refractivity contribution in [2.75, 3.05) is 38.7 Å². The van der Waals surface area contributed by atoms with Crippen LogP contribution >= 0.6 is 0 Å². The van der Waals surface area contributed by atoms with Gasteiger partial charge < -0.3 is 15.4 Å². The molecule has 29 heavy (non-hydrogen) atoms. The van der Waals surface area contributed by atoms with Crippen LogP contribution in [0.3, 0.4) is 0 Å². The number of nitrogens with zero attached hydrogens (tertiary/aromatic N) is 1. The first-order valence-corrected chi connectivity index (χ1v) is 12.1. The summed E-state index contributed by atoms with van der Waals surface area (Å²) in [5, 5.41) is 6.31. The van der Waals surface area contributed by atoms with Gasteiger partial charge >= 0.3 is 0 Å². The fraction of sp³-hybridized carbons (Fsp3) is 0.667. The van der Waals surface area contributed by atoms with Gasteiger partial charge in [-0.3, -0.25) is 4.79 Å². The number of carbonyl (C=O) groups excluding carboxylic acids is 1. The second-order valence-electron chi connectivity index (χ2n) is 7.38. The van der Waals surface area contributed by atoms with Gasteiger partial charge in [0.25, 0.3) is 5.91 Å². The standard InChI is InChI=1S/C21H35N3O4S/c1-4-24(5-2)29(26,27)18-12-13-20(22-14-15-28-3)19(16-18)21(25)23-17-10-8-6-7-9-11-17/h12-13,16-17,22H,4-11,14-15H2,1-3H3,(H,23,25). The molecule has 1 aliphatic carbocycles. The lowest BCUT2D eigenvalue weighted by Crippen LogP contribution is -2.35. The van der Waals surface area contributed by atoms with Crippen LogP contribution in [-0.2, 0) is 14.8 Å². The third-order valence-corrected chi connectivity index (χ3v) is 7.44. The van der Waals surface area contributed by atoms with Crippen molar-refractivity contribution < 1.29 is 17.9 Å². The number of anilines is 1. The van der Waals surface area contributed by atoms with E-state index in [1.165, 1.54) is 23.2 Å². The van der Waals surface area contributed by atoms with Crippen LogP contribution in [0, 0.1) is 0 Å². The van der Waals surface area contributed by atoms with Crippen molar-refractivity contribution in [3.8, 4) is 0 Å². The monoisotopic (exact) mass is 425 g/mol. The first-order chi connectivity index (χ1) is 13.9. The average Bonchev–Trinajstić information content (AvgIpc) is 2.97. The summed E-state index contributed by atoms with van der Waals surface area (Å²) in [7, 11) is -2.02. The number of sulfonamides is 1. The number of carbonyl (C=O) groups is 1. The predicted octanol–water partition coefficient (Wildman–Crippen LogP) is 3.23. The van der Waals surface area contributed by atoms with Crippen molar-refractivity contribution in [1.82, 2.24) is 9.62 Å². The Morgan fingerprint density at radius 1 is 1.14 bits per heavy atom. The summed E-state index contributed by atoms with van der Waals surface area (Å²) in [6.45, 7) is 5.40. The lowest BCUT2D eigenvalue weighted by atomic mass is 10.1. The third-order valence-electron chi connectivity index (χ3n) is 5.39. The summed E-state index contributed by atoms with van der Waals surface area (Å²) in [5.74, 6) is -0.228. The van der Waals surface area contributed by atoms with Crippen molar-refractivity contribution in [1.29, 1.82) is 0 Å². The molecule has 7 nitrogen and oxygen atoms in total. The Labute approximate surface area is 175 Å². The van der Waals surface area contributed by atoms with E-state index in [1.54, 1.807) is 33.1 Å². The van der Waals surface area contributed by atoms with E-state index in [0.717, 1.165) is 25.7 Å². The Kier molecular flexibility index (Phi) is 9.39. The molecule has 8 heteroatoms. The Bertz CT molecular complexity index is 755. The van der Waals surface area contributed by atoms with Crippen molar-refractivity contribution >= 4 is 21.6 Å². The molecule has 0 atom stereocenters. The van der Waals surface area contributed by atoms with Gasteiger partial charge in [-0.15, -0.1) is 0 Å². The highest BCUT2D eigenvalue weighted by Gasteiger charge is 2.25. The summed E-state index contributed by atoms with van der Waals surface area (Å²) in [5.41, 5.74) is 0.977. The Balaban J connectivity index is 2.32. The number of rotatable bonds is 10. The molecule has 0 saturated heterocycles. The van der Waals surface area contributed by atoms with Gasteiger partial charge in [-0.1, -0.05) is 39.5 Å². The normalized spacial score (nSPS) is 15.9. The average molecular weight is 426 g/mol. The molecule has 1 aromatic rings. The van der Waals surface area contributed by atoms with Gasteiger partial charge in [-0.2, -0.15) is 4.31 Å². The number of amides is 1. The number of hydrogen-bond donors (Lipinski definition) is 2. The fourth-order valence-electron chi connectivity index (χ4n) is 3.71. The van der Waals surface area contributed by atoms with E-state index >= 15 is 0 Å². The van der Waals surface area contributed by atoms with Crippen LogP contribution in [0.5, 0.6) is 0 Å². The second-order valence-corrected chi connectivity index (χ2v) is 9.32. The van der Waals surface area contributed by atoms with Crippen molar-refractivity contribution in [3.63, 3.8) is 0 Å². The Morgan fingerprint density at radius 3 is 2.38 bits per heavy atom. The van der Waals surface area contributed by atoms with E-state index in [4.69, 9.17) is 4.74 Å². The zero-order chi connectivity index (χ0) is 21.3. The highest BCUT2D eigenvalue weighted by Crippen LogP contribution is 2.24. The molecule has 1 aliphatic rings. The largest absolute Gasteiger partial charge is 0.383 e. The van der Waals surface area contributed by atoms with Gasteiger partial charge in [-0.25, -0.2) is 8.42 Å². The molecule has 0 radical (unpaired) electrons. The number of hydrogen-bond acceptors (Lipinski definition) is 5. The van der Waals surface area contributed by atoms with Crippen molar-refractivity contribution in [2.45, 2.75) is 63.3 Å². The summed E-state index contributed by atoms with van der Waals surface area (Å²) >= 11 is 0. The van der Waals surface area contributed by atoms with Gasteiger partial charge in [0.05, 0.1) is 17.1 Å². The molecule has 2 rings (SSSR count). The first-order valence-electron chi connectivity index (χ1n) is 10.6. The Morgan fingerprint density at radius 2 is 1.79 bits per heavy atom. The molecule has 1 saturated carbocycles. The van der Waals surface area contributed by atoms with Gasteiger partial charge in [0.15, 0.2) is 0 Å². The molecule has 0 aliphatic heterocycles. The maximum absolute atomic E-state index is 13.1. The van der Waals surface area contributed by atoms with E-state index in [1.807, 2.05) is 0 Å². The molecular formula is C21H35N3O4S. The molecule has 2 N–H and O–H groups in total. The maximum Gasteiger partial charge on any atom is 0.253 e. The minimum atomic E-state index is -3.64. The quantitative estimate of drug-likeness (QED) is 0.444. The van der Waals surface area contributed by atoms with Gasteiger partial charge in [0.1, 0.15) is 0 Å². The molecule has 1 fully saturated rings. The van der Waals surface area contributed by atoms with Crippen LogP contribution in [0.1, 0.15) is 62.7 Å². The lowest BCUT2D eigenvalue weighted by molar-refractivity contribution is 0.0934. The fourth-order valence-corrected chi connectivity index (χ4v) is 5.20. The number of benzene rings is 1. The summed E-state index contributed by atoms with van der Waals surface area (Å²) in [6.07, 6.45) is 6.56. The Hall–Kier alpha value is -1.64. The van der Waals surface area contributed by atoms with E-state index < -0.39 is 10.0 Å². The molecule has 0 unspecified atom stereocenters. The van der Waals surface area contributed by atoms with Crippen LogP contribution < -0.4 is 10.6 Å². The van der Waals surface area contributed by atoms with Crippen LogP contribution in [0.15, 0.2) is 23.1 Å². The van der Waals surface area contributed by atoms with E-state index in [-0.39, 0.29) is 16.8 Å². The SMILES string of the molecule is CCN(CC)S(=O)(=O)c1ccc(NCCOC)c(C(=O)NC2CCCCCC2)c1. The van der Waals surface area contributed by atoms with Crippen LogP contribution in [0.2, 0.25) is 0 Å². The molecule has 164 valence electrons. The minimum Gasteiger partial charge on any atom is -0.383 e. The molecule has 0 heterocycles. The first kappa shape index (κ1) is 23.6. The lowest BCUT2D eigenvalue weighted by Gasteiger charge is -2.21. The zero-order valence-electron chi connectivity index (χ0n) is 17.9. The number of ether oxygens (including phenoxy) is 1. The molecule has 0 bridgehead atoms. The van der Waals surface area contributed by atoms with Gasteiger partial charge in [-0.05, 0) is 31.0 Å². The number of nitrogens with one attached hydrogen (secondary N) is 2. The maximum atomic E-state index is 13.1. The summed E-state index contributed by atoms with van der Waals surface area (Å²) in [6, 6.07) is 4.87. The highest BCUT2D eigenvalue weighted by molar-refractivity contribution is 7.89. The predicted molar refractivity (Wildman–Crippen MR) is 116 cm³/mol. The molecule has 1 amide bonds. The van der Waals surface area contributed by atoms with Crippen LogP contribution in [0.25, 0.3) is 0 Å². The number of methoxy groups -OCH3 is 1. The molecule has 0 aromatic heterocycles. The topological polar surface area (TPSA) is 87.7 Å². The van der Waals surface area contributed by atoms with Crippen molar-refractivity contribution in [2.24, 2.45) is 0 Å². The van der Waals surface area contributed by atoms with Gasteiger partial charge in [0.2, 0.25) is 10.0 Å². The van der Waals surface area contributed by atoms with Crippen molar-refractivity contribution in [3.05, 3.63) is 23.8 Å². The zero-order valence-corrected chi connectivity index (χ0v) is 18.7. The second kappa shape index (κ2) is 11.5. The van der Waals surface area contributed by atoms with Crippen LogP contribution in [0.4, 0.5) is 5.69 Å². The van der Waals surface area contributed by atoms with E-state index in [2.05, 4.69) is 10.6 Å². The molecule has 0 spiro atoms. The van der Waals surface area contributed by atoms with E-state index in [9.17, 15) is 13.2 Å². The van der Waals surface area contributed by atoms with E-state index in [0.29, 0.717) is 37.5 Å². The van der Waals surface area contributed by atoms with Crippen LogP contribution in [-0.4, -0.2) is 58.0 Å². The molecule has 1 aromatic carbocycles. The summed E-state index contributed by atoms with van der Waals surface area (Å²) in [4.78, 5) is 13.2. The van der Waals surface area contributed by atoms with Gasteiger partial charge in [0, 0.05) is 38.5 Å². The minimum absolute atomic E-state index is 0.139. The molecular weight excluding hydrogens is 390 g/mol. The third kappa shape index (κ3) is 6.42. The summed E-state index contributed by atoms with van der Waals surface area (Å²) < 4.78 is 32.3. The smallest absolute Gasteiger partial charge is 0.253 e. The highest BCUT2D eigenvalue weighted by atomic mass is 32.2.